The van der Waals surface area contributed by atoms with Crippen LogP contribution in [-0.4, -0.2) is 58.5 Å². The zero-order valence-electron chi connectivity index (χ0n) is 17.6. The third-order valence-corrected chi connectivity index (χ3v) is 4.80. The second kappa shape index (κ2) is 10.3. The van der Waals surface area contributed by atoms with Crippen molar-refractivity contribution in [3.8, 4) is 0 Å². The highest BCUT2D eigenvalue weighted by atomic mass is 16.3. The van der Waals surface area contributed by atoms with E-state index in [1.54, 1.807) is 24.1 Å². The van der Waals surface area contributed by atoms with Crippen molar-refractivity contribution in [2.45, 2.75) is 39.3 Å². The van der Waals surface area contributed by atoms with Crippen LogP contribution in [0.3, 0.4) is 0 Å². The lowest BCUT2D eigenvalue weighted by molar-refractivity contribution is 0.0671. The van der Waals surface area contributed by atoms with Gasteiger partial charge in [0.05, 0.1) is 25.0 Å². The van der Waals surface area contributed by atoms with Gasteiger partial charge in [-0.2, -0.15) is 5.10 Å². The molecule has 2 aromatic rings. The predicted octanol–water partition coefficient (Wildman–Crippen LogP) is 1.86. The zero-order chi connectivity index (χ0) is 20.6. The Morgan fingerprint density at radius 1 is 1.36 bits per heavy atom. The van der Waals surface area contributed by atoms with Crippen molar-refractivity contribution in [3.63, 3.8) is 0 Å². The molecule has 28 heavy (non-hydrogen) atoms. The molecule has 2 atom stereocenters. The lowest BCUT2D eigenvalue weighted by Crippen LogP contribution is -2.43. The summed E-state index contributed by atoms with van der Waals surface area (Å²) in [7, 11) is 1.83. The van der Waals surface area contributed by atoms with Gasteiger partial charge in [-0.25, -0.2) is 4.99 Å². The number of aromatic nitrogens is 2. The molecule has 0 aliphatic rings. The first kappa shape index (κ1) is 22.0. The minimum Gasteiger partial charge on any atom is -0.468 e. The molecule has 8 heteroatoms. The average Bonchev–Trinajstić information content (AvgIpc) is 3.35. The Balaban J connectivity index is 2.08. The highest BCUT2D eigenvalue weighted by Crippen LogP contribution is 2.21. The Labute approximate surface area is 167 Å². The molecule has 0 saturated heterocycles. The van der Waals surface area contributed by atoms with E-state index in [0.717, 1.165) is 31.0 Å². The Kier molecular flexibility index (Phi) is 8.07. The van der Waals surface area contributed by atoms with Crippen LogP contribution in [-0.2, 0) is 12.6 Å². The highest BCUT2D eigenvalue weighted by Gasteiger charge is 2.25. The molecule has 156 valence electrons. The van der Waals surface area contributed by atoms with Crippen molar-refractivity contribution in [2.24, 2.45) is 12.0 Å². The summed E-state index contributed by atoms with van der Waals surface area (Å²) in [5.74, 6) is 1.59. The van der Waals surface area contributed by atoms with E-state index in [4.69, 9.17) is 4.42 Å². The first-order valence-electron chi connectivity index (χ1n) is 9.92. The average molecular weight is 391 g/mol. The largest absolute Gasteiger partial charge is 0.468 e. The van der Waals surface area contributed by atoms with Crippen molar-refractivity contribution in [1.29, 1.82) is 0 Å². The van der Waals surface area contributed by atoms with E-state index in [1.165, 1.54) is 0 Å². The smallest absolute Gasteiger partial charge is 0.191 e. The number of nitrogens with zero attached hydrogens (tertiary/aromatic N) is 4. The molecule has 0 aliphatic carbocycles. The van der Waals surface area contributed by atoms with E-state index in [2.05, 4.69) is 39.5 Å². The Morgan fingerprint density at radius 2 is 2.11 bits per heavy atom. The van der Waals surface area contributed by atoms with E-state index < -0.39 is 5.60 Å². The molecule has 0 aliphatic heterocycles. The molecule has 2 unspecified atom stereocenters. The van der Waals surface area contributed by atoms with Crippen LogP contribution in [0.1, 0.15) is 45.1 Å². The fourth-order valence-corrected chi connectivity index (χ4v) is 3.11. The molecule has 0 saturated carbocycles. The van der Waals surface area contributed by atoms with Gasteiger partial charge in [0, 0.05) is 31.9 Å². The molecule has 0 fully saturated rings. The van der Waals surface area contributed by atoms with Crippen LogP contribution in [0.25, 0.3) is 0 Å². The minimum atomic E-state index is -1.09. The quantitative estimate of drug-likeness (QED) is 0.424. The summed E-state index contributed by atoms with van der Waals surface area (Å²) in [6.07, 6.45) is 5.18. The Bertz CT molecular complexity index is 719. The van der Waals surface area contributed by atoms with Gasteiger partial charge in [0.1, 0.15) is 11.4 Å². The SMILES string of the molecule is CCNC(=NCC(C)(O)c1cnn(C)c1)NCC(c1ccco1)N(CC)CC. The van der Waals surface area contributed by atoms with Crippen molar-refractivity contribution in [3.05, 3.63) is 42.1 Å². The molecular formula is C20H34N6O2. The van der Waals surface area contributed by atoms with Crippen molar-refractivity contribution < 1.29 is 9.52 Å². The fourth-order valence-electron chi connectivity index (χ4n) is 3.11. The first-order valence-corrected chi connectivity index (χ1v) is 9.92. The summed E-state index contributed by atoms with van der Waals surface area (Å²) in [5.41, 5.74) is -0.346. The summed E-state index contributed by atoms with van der Waals surface area (Å²) in [4.78, 5) is 6.93. The second-order valence-electron chi connectivity index (χ2n) is 7.01. The number of hydrogen-bond acceptors (Lipinski definition) is 5. The number of aryl methyl sites for hydroxylation is 1. The Hall–Kier alpha value is -2.32. The predicted molar refractivity (Wildman–Crippen MR) is 111 cm³/mol. The van der Waals surface area contributed by atoms with Gasteiger partial charge in [-0.05, 0) is 39.1 Å². The molecule has 2 heterocycles. The molecule has 8 nitrogen and oxygen atoms in total. The van der Waals surface area contributed by atoms with Gasteiger partial charge in [0.15, 0.2) is 5.96 Å². The normalized spacial score (nSPS) is 15.5. The Morgan fingerprint density at radius 3 is 2.64 bits per heavy atom. The van der Waals surface area contributed by atoms with Crippen LogP contribution in [0.15, 0.2) is 40.2 Å². The maximum atomic E-state index is 10.8. The molecule has 0 amide bonds. The zero-order valence-corrected chi connectivity index (χ0v) is 17.6. The third kappa shape index (κ3) is 5.84. The van der Waals surface area contributed by atoms with E-state index in [1.807, 2.05) is 32.3 Å². The van der Waals surface area contributed by atoms with Gasteiger partial charge in [0.2, 0.25) is 0 Å². The first-order chi connectivity index (χ1) is 13.4. The number of guanidine groups is 1. The van der Waals surface area contributed by atoms with Gasteiger partial charge in [-0.1, -0.05) is 13.8 Å². The monoisotopic (exact) mass is 390 g/mol. The summed E-state index contributed by atoms with van der Waals surface area (Å²) < 4.78 is 7.33. The molecule has 0 bridgehead atoms. The number of likely N-dealkylation sites (N-methyl/N-ethyl adjacent to an activating group) is 1. The van der Waals surface area contributed by atoms with Gasteiger partial charge in [-0.15, -0.1) is 0 Å². The fraction of sp³-hybridized carbons (Fsp3) is 0.600. The van der Waals surface area contributed by atoms with Crippen molar-refractivity contribution >= 4 is 5.96 Å². The van der Waals surface area contributed by atoms with E-state index >= 15 is 0 Å². The van der Waals surface area contributed by atoms with Gasteiger partial charge >= 0.3 is 0 Å². The molecule has 2 rings (SSSR count). The van der Waals surface area contributed by atoms with Crippen LogP contribution >= 0.6 is 0 Å². The molecule has 0 spiro atoms. The van der Waals surface area contributed by atoms with Crippen LogP contribution in [0, 0.1) is 0 Å². The number of aliphatic hydroxyl groups is 1. The van der Waals surface area contributed by atoms with Gasteiger partial charge in [0.25, 0.3) is 0 Å². The van der Waals surface area contributed by atoms with Crippen molar-refractivity contribution in [1.82, 2.24) is 25.3 Å². The van der Waals surface area contributed by atoms with Gasteiger partial charge in [-0.3, -0.25) is 9.58 Å². The topological polar surface area (TPSA) is 90.8 Å². The summed E-state index contributed by atoms with van der Waals surface area (Å²) >= 11 is 0. The molecule has 2 aromatic heterocycles. The number of hydrogen-bond donors (Lipinski definition) is 3. The number of aliphatic imine (C=N–C) groups is 1. The highest BCUT2D eigenvalue weighted by molar-refractivity contribution is 5.79. The van der Waals surface area contributed by atoms with E-state index in [0.29, 0.717) is 12.5 Å². The molecule has 0 radical (unpaired) electrons. The molecular weight excluding hydrogens is 356 g/mol. The maximum absolute atomic E-state index is 10.8. The van der Waals surface area contributed by atoms with Crippen LogP contribution in [0.4, 0.5) is 0 Å². The third-order valence-electron chi connectivity index (χ3n) is 4.80. The second-order valence-corrected chi connectivity index (χ2v) is 7.01. The van der Waals surface area contributed by atoms with Crippen molar-refractivity contribution in [2.75, 3.05) is 32.7 Å². The van der Waals surface area contributed by atoms with E-state index in [-0.39, 0.29) is 12.6 Å². The number of rotatable bonds is 10. The lowest BCUT2D eigenvalue weighted by Gasteiger charge is -2.29. The maximum Gasteiger partial charge on any atom is 0.191 e. The number of furan rings is 1. The molecule has 0 aromatic carbocycles. The van der Waals surface area contributed by atoms with Crippen LogP contribution in [0.2, 0.25) is 0 Å². The van der Waals surface area contributed by atoms with Gasteiger partial charge < -0.3 is 20.2 Å². The van der Waals surface area contributed by atoms with Crippen LogP contribution < -0.4 is 10.6 Å². The van der Waals surface area contributed by atoms with E-state index in [9.17, 15) is 5.11 Å². The standard InChI is InChI=1S/C20H34N6O2/c1-6-21-19(23-15-20(4,27)16-12-24-25(5)14-16)22-13-17(26(7-2)8-3)18-10-9-11-28-18/h9-12,14,17,27H,6-8,13,15H2,1-5H3,(H2,21,22,23). The molecule has 3 N–H and O–H groups in total. The lowest BCUT2D eigenvalue weighted by atomic mass is 10.0. The summed E-state index contributed by atoms with van der Waals surface area (Å²) in [6.45, 7) is 11.5. The summed E-state index contributed by atoms with van der Waals surface area (Å²) in [6, 6.07) is 4.02. The minimum absolute atomic E-state index is 0.104. The van der Waals surface area contributed by atoms with Crippen LogP contribution in [0.5, 0.6) is 0 Å². The number of nitrogens with one attached hydrogen (secondary N) is 2. The summed E-state index contributed by atoms with van der Waals surface area (Å²) in [5, 5.41) is 21.5.